The number of hydrogen-bond donors (Lipinski definition) is 0. The summed E-state index contributed by atoms with van der Waals surface area (Å²) in [6.07, 6.45) is 1.25. The van der Waals surface area contributed by atoms with E-state index in [-0.39, 0.29) is 17.7 Å². The third-order valence-corrected chi connectivity index (χ3v) is 2.53. The topological polar surface area (TPSA) is 89.8 Å². The molecule has 118 valence electrons. The van der Waals surface area contributed by atoms with Gasteiger partial charge in [0.05, 0.1) is 11.5 Å². The van der Waals surface area contributed by atoms with Crippen molar-refractivity contribution in [1.82, 2.24) is 4.90 Å². The average Bonchev–Trinajstić information content (AvgIpc) is 2.43. The molecule has 0 bridgehead atoms. The molecule has 0 atom stereocenters. The lowest BCUT2D eigenvalue weighted by Gasteiger charge is -2.10. The highest BCUT2D eigenvalue weighted by Gasteiger charge is 2.24. The van der Waals surface area contributed by atoms with Crippen molar-refractivity contribution in [2.24, 2.45) is 0 Å². The second-order valence-corrected chi connectivity index (χ2v) is 4.48. The van der Waals surface area contributed by atoms with E-state index in [1.54, 1.807) is 21.0 Å². The lowest BCUT2D eigenvalue weighted by Crippen LogP contribution is -2.19. The normalized spacial score (nSPS) is 11.0. The quantitative estimate of drug-likeness (QED) is 0.152. The predicted octanol–water partition coefficient (Wildman–Crippen LogP) is 1.93. The standard InChI is InChI=1S/C14H15FN2O5/c1-4-22-14(19)10(8-16(2)3)13(18)9-5-6-12(17(20)21)11(15)7-9/h5-8H,4H2,1-3H3/b10-8+. The molecule has 1 rings (SSSR count). The fourth-order valence-corrected chi connectivity index (χ4v) is 1.62. The number of hydrogen-bond acceptors (Lipinski definition) is 6. The minimum absolute atomic E-state index is 0.0749. The SMILES string of the molecule is CCOC(=O)/C(=C/N(C)C)C(=O)c1ccc([N+](=O)[O-])c(F)c1. The first-order valence-electron chi connectivity index (χ1n) is 6.32. The third kappa shape index (κ3) is 4.11. The van der Waals surface area contributed by atoms with Gasteiger partial charge in [-0.2, -0.15) is 4.39 Å². The van der Waals surface area contributed by atoms with Gasteiger partial charge in [-0.3, -0.25) is 14.9 Å². The fraction of sp³-hybridized carbons (Fsp3) is 0.286. The first-order chi connectivity index (χ1) is 10.3. The minimum atomic E-state index is -1.15. The van der Waals surface area contributed by atoms with Gasteiger partial charge >= 0.3 is 11.7 Å². The Kier molecular flexibility index (Phi) is 5.73. The van der Waals surface area contributed by atoms with Crippen molar-refractivity contribution < 1.29 is 23.6 Å². The maximum atomic E-state index is 13.6. The van der Waals surface area contributed by atoms with Gasteiger partial charge in [-0.25, -0.2) is 4.79 Å². The van der Waals surface area contributed by atoms with Gasteiger partial charge in [0.1, 0.15) is 5.57 Å². The Balaban J connectivity index is 3.22. The first-order valence-corrected chi connectivity index (χ1v) is 6.32. The molecule has 0 saturated carbocycles. The van der Waals surface area contributed by atoms with Gasteiger partial charge in [-0.1, -0.05) is 0 Å². The van der Waals surface area contributed by atoms with Crippen molar-refractivity contribution in [3.05, 3.63) is 51.5 Å². The molecule has 0 amide bonds. The van der Waals surface area contributed by atoms with E-state index in [0.29, 0.717) is 0 Å². The minimum Gasteiger partial charge on any atom is -0.462 e. The van der Waals surface area contributed by atoms with Crippen molar-refractivity contribution in [3.8, 4) is 0 Å². The number of rotatable bonds is 6. The van der Waals surface area contributed by atoms with E-state index in [0.717, 1.165) is 18.2 Å². The summed E-state index contributed by atoms with van der Waals surface area (Å²) in [5.41, 5.74) is -1.21. The molecule has 7 nitrogen and oxygen atoms in total. The molecular weight excluding hydrogens is 295 g/mol. The van der Waals surface area contributed by atoms with Gasteiger partial charge in [-0.15, -0.1) is 0 Å². The van der Waals surface area contributed by atoms with Crippen LogP contribution in [0.1, 0.15) is 17.3 Å². The number of Topliss-reactive ketones (excluding diaryl/α,β-unsaturated/α-hetero) is 1. The van der Waals surface area contributed by atoms with Crippen molar-refractivity contribution >= 4 is 17.4 Å². The van der Waals surface area contributed by atoms with E-state index in [9.17, 15) is 24.1 Å². The van der Waals surface area contributed by atoms with Crippen molar-refractivity contribution in [1.29, 1.82) is 0 Å². The van der Waals surface area contributed by atoms with E-state index < -0.39 is 28.2 Å². The smallest absolute Gasteiger partial charge is 0.343 e. The highest BCUT2D eigenvalue weighted by atomic mass is 19.1. The number of halogens is 1. The Morgan fingerprint density at radius 1 is 1.41 bits per heavy atom. The van der Waals surface area contributed by atoms with Crippen LogP contribution in [0, 0.1) is 15.9 Å². The summed E-state index contributed by atoms with van der Waals surface area (Å²) >= 11 is 0. The molecule has 0 aromatic heterocycles. The largest absolute Gasteiger partial charge is 0.462 e. The summed E-state index contributed by atoms with van der Waals surface area (Å²) in [7, 11) is 3.20. The molecule has 0 unspecified atom stereocenters. The molecule has 0 heterocycles. The Bertz CT molecular complexity index is 640. The number of esters is 1. The molecule has 0 aliphatic rings. The number of nitrogens with zero attached hydrogens (tertiary/aromatic N) is 2. The Labute approximate surface area is 126 Å². The van der Waals surface area contributed by atoms with Crippen LogP contribution in [0.3, 0.4) is 0 Å². The number of benzene rings is 1. The molecule has 1 aromatic rings. The number of ether oxygens (including phenoxy) is 1. The van der Waals surface area contributed by atoms with Crippen LogP contribution in [0.25, 0.3) is 0 Å². The lowest BCUT2D eigenvalue weighted by atomic mass is 10.0. The van der Waals surface area contributed by atoms with Crippen molar-refractivity contribution in [2.75, 3.05) is 20.7 Å². The number of carbonyl (C=O) groups excluding carboxylic acids is 2. The Morgan fingerprint density at radius 2 is 2.05 bits per heavy atom. The monoisotopic (exact) mass is 310 g/mol. The fourth-order valence-electron chi connectivity index (χ4n) is 1.62. The molecule has 1 aromatic carbocycles. The zero-order chi connectivity index (χ0) is 16.9. The van der Waals surface area contributed by atoms with Crippen LogP contribution in [-0.4, -0.2) is 42.3 Å². The molecule has 0 aliphatic carbocycles. The maximum Gasteiger partial charge on any atom is 0.343 e. The molecule has 22 heavy (non-hydrogen) atoms. The highest BCUT2D eigenvalue weighted by Crippen LogP contribution is 2.20. The summed E-state index contributed by atoms with van der Waals surface area (Å²) in [6.45, 7) is 1.66. The summed E-state index contributed by atoms with van der Waals surface area (Å²) in [4.78, 5) is 35.2. The summed E-state index contributed by atoms with van der Waals surface area (Å²) in [5.74, 6) is -2.77. The van der Waals surface area contributed by atoms with Crippen LogP contribution < -0.4 is 0 Å². The molecule has 0 fully saturated rings. The lowest BCUT2D eigenvalue weighted by molar-refractivity contribution is -0.387. The number of carbonyl (C=O) groups is 2. The Morgan fingerprint density at radius 3 is 2.50 bits per heavy atom. The molecule has 0 radical (unpaired) electrons. The second kappa shape index (κ2) is 7.30. The Hall–Kier alpha value is -2.77. The van der Waals surface area contributed by atoms with Gasteiger partial charge in [-0.05, 0) is 19.1 Å². The number of nitro groups is 1. The van der Waals surface area contributed by atoms with Gasteiger partial charge in [0.2, 0.25) is 11.6 Å². The summed E-state index contributed by atoms with van der Waals surface area (Å²) < 4.78 is 18.4. The molecule has 0 saturated heterocycles. The molecule has 0 spiro atoms. The van der Waals surface area contributed by atoms with E-state index in [2.05, 4.69) is 0 Å². The number of nitro benzene ring substituents is 1. The number of ketones is 1. The van der Waals surface area contributed by atoms with Gasteiger partial charge in [0.25, 0.3) is 0 Å². The molecular formula is C14H15FN2O5. The van der Waals surface area contributed by atoms with Crippen LogP contribution in [0.2, 0.25) is 0 Å². The molecule has 8 heteroatoms. The maximum absolute atomic E-state index is 13.6. The van der Waals surface area contributed by atoms with Gasteiger partial charge in [0.15, 0.2) is 0 Å². The van der Waals surface area contributed by atoms with Gasteiger partial charge in [0, 0.05) is 31.9 Å². The zero-order valence-electron chi connectivity index (χ0n) is 12.3. The van der Waals surface area contributed by atoms with Gasteiger partial charge < -0.3 is 9.64 Å². The average molecular weight is 310 g/mol. The van der Waals surface area contributed by atoms with Crippen LogP contribution in [-0.2, 0) is 9.53 Å². The van der Waals surface area contributed by atoms with E-state index >= 15 is 0 Å². The van der Waals surface area contributed by atoms with Crippen molar-refractivity contribution in [2.45, 2.75) is 6.92 Å². The van der Waals surface area contributed by atoms with Crippen LogP contribution >= 0.6 is 0 Å². The highest BCUT2D eigenvalue weighted by molar-refractivity contribution is 6.24. The summed E-state index contributed by atoms with van der Waals surface area (Å²) in [6, 6.07) is 2.69. The van der Waals surface area contributed by atoms with E-state index in [4.69, 9.17) is 4.74 Å². The molecule has 0 aliphatic heterocycles. The third-order valence-electron chi connectivity index (χ3n) is 2.53. The van der Waals surface area contributed by atoms with Crippen LogP contribution in [0.5, 0.6) is 0 Å². The van der Waals surface area contributed by atoms with E-state index in [1.807, 2.05) is 0 Å². The van der Waals surface area contributed by atoms with E-state index in [1.165, 1.54) is 11.1 Å². The van der Waals surface area contributed by atoms with Crippen LogP contribution in [0.4, 0.5) is 10.1 Å². The molecule has 0 N–H and O–H groups in total. The zero-order valence-corrected chi connectivity index (χ0v) is 12.3. The summed E-state index contributed by atoms with van der Waals surface area (Å²) in [5, 5.41) is 10.6. The predicted molar refractivity (Wildman–Crippen MR) is 75.8 cm³/mol. The van der Waals surface area contributed by atoms with Crippen molar-refractivity contribution in [3.63, 3.8) is 0 Å². The first kappa shape index (κ1) is 17.3. The second-order valence-electron chi connectivity index (χ2n) is 4.48. The van der Waals surface area contributed by atoms with Crippen LogP contribution in [0.15, 0.2) is 30.0 Å².